The highest BCUT2D eigenvalue weighted by Gasteiger charge is 2.01. The molecule has 0 radical (unpaired) electrons. The number of aryl methyl sites for hydroxylation is 1. The summed E-state index contributed by atoms with van der Waals surface area (Å²) in [6.45, 7) is 2.05. The molecular weight excluding hydrogens is 351 g/mol. The van der Waals surface area contributed by atoms with E-state index in [1.165, 1.54) is 11.8 Å². The number of benzene rings is 2. The molecule has 0 atom stereocenters. The van der Waals surface area contributed by atoms with Crippen LogP contribution in [0, 0.1) is 6.92 Å². The normalized spacial score (nSPS) is 10.9. The molecule has 0 unspecified atom stereocenters. The van der Waals surface area contributed by atoms with Gasteiger partial charge in [-0.3, -0.25) is 4.79 Å². The van der Waals surface area contributed by atoms with Crippen LogP contribution in [0.5, 0.6) is 0 Å². The summed E-state index contributed by atoms with van der Waals surface area (Å²) in [6, 6.07) is 13.4. The van der Waals surface area contributed by atoms with Gasteiger partial charge in [0.15, 0.2) is 0 Å². The van der Waals surface area contributed by atoms with Gasteiger partial charge in [-0.15, -0.1) is 11.8 Å². The molecule has 1 amide bonds. The largest absolute Gasteiger partial charge is 0.273 e. The molecule has 0 saturated carbocycles. The SMILES string of the molecule is Cc1ccc(SCCC(=O)N/N=C\c2ccc(Cl)c(Cl)c2)cc1. The molecular formula is C17H16Cl2N2OS. The van der Waals surface area contributed by atoms with E-state index < -0.39 is 0 Å². The highest BCUT2D eigenvalue weighted by Crippen LogP contribution is 2.21. The van der Waals surface area contributed by atoms with Gasteiger partial charge in [-0.2, -0.15) is 5.10 Å². The van der Waals surface area contributed by atoms with Crippen molar-refractivity contribution in [1.82, 2.24) is 5.43 Å². The smallest absolute Gasteiger partial charge is 0.240 e. The van der Waals surface area contributed by atoms with Gasteiger partial charge < -0.3 is 0 Å². The number of halogens is 2. The highest BCUT2D eigenvalue weighted by atomic mass is 35.5. The van der Waals surface area contributed by atoms with Gasteiger partial charge in [0.05, 0.1) is 16.3 Å². The van der Waals surface area contributed by atoms with Crippen LogP contribution in [0.15, 0.2) is 52.5 Å². The highest BCUT2D eigenvalue weighted by molar-refractivity contribution is 7.99. The Morgan fingerprint density at radius 3 is 2.61 bits per heavy atom. The van der Waals surface area contributed by atoms with Gasteiger partial charge in [-0.1, -0.05) is 47.0 Å². The van der Waals surface area contributed by atoms with E-state index in [0.29, 0.717) is 22.2 Å². The van der Waals surface area contributed by atoms with Crippen molar-refractivity contribution < 1.29 is 4.79 Å². The average Bonchev–Trinajstić information content (AvgIpc) is 2.53. The minimum atomic E-state index is -0.124. The second kappa shape index (κ2) is 8.96. The summed E-state index contributed by atoms with van der Waals surface area (Å²) in [4.78, 5) is 12.9. The van der Waals surface area contributed by atoms with Crippen LogP contribution in [-0.4, -0.2) is 17.9 Å². The maximum absolute atomic E-state index is 11.7. The van der Waals surface area contributed by atoms with E-state index in [0.717, 1.165) is 10.5 Å². The zero-order valence-corrected chi connectivity index (χ0v) is 14.9. The molecule has 0 fully saturated rings. The molecule has 2 rings (SSSR count). The molecule has 2 aromatic carbocycles. The summed E-state index contributed by atoms with van der Waals surface area (Å²) in [5.41, 5.74) is 4.50. The lowest BCUT2D eigenvalue weighted by atomic mass is 10.2. The third-order valence-corrected chi connectivity index (χ3v) is 4.72. The van der Waals surface area contributed by atoms with Crippen molar-refractivity contribution in [2.75, 3.05) is 5.75 Å². The van der Waals surface area contributed by atoms with Crippen molar-refractivity contribution in [1.29, 1.82) is 0 Å². The molecule has 0 saturated heterocycles. The zero-order chi connectivity index (χ0) is 16.7. The maximum Gasteiger partial charge on any atom is 0.240 e. The Morgan fingerprint density at radius 1 is 1.17 bits per heavy atom. The Labute approximate surface area is 150 Å². The van der Waals surface area contributed by atoms with E-state index in [9.17, 15) is 4.79 Å². The van der Waals surface area contributed by atoms with E-state index in [1.807, 2.05) is 6.92 Å². The molecule has 120 valence electrons. The predicted molar refractivity (Wildman–Crippen MR) is 98.7 cm³/mol. The topological polar surface area (TPSA) is 41.5 Å². The second-order valence-corrected chi connectivity index (χ2v) is 6.86. The quantitative estimate of drug-likeness (QED) is 0.447. The lowest BCUT2D eigenvalue weighted by Crippen LogP contribution is -2.17. The molecule has 0 aliphatic carbocycles. The molecule has 0 aliphatic heterocycles. The third-order valence-electron chi connectivity index (χ3n) is 2.97. The summed E-state index contributed by atoms with van der Waals surface area (Å²) in [6.07, 6.45) is 1.94. The fourth-order valence-corrected chi connectivity index (χ4v) is 2.88. The number of nitrogens with zero attached hydrogens (tertiary/aromatic N) is 1. The first-order valence-corrected chi connectivity index (χ1v) is 8.75. The van der Waals surface area contributed by atoms with Crippen molar-refractivity contribution in [3.8, 4) is 0 Å². The van der Waals surface area contributed by atoms with Crippen molar-refractivity contribution in [2.45, 2.75) is 18.2 Å². The molecule has 3 nitrogen and oxygen atoms in total. The summed E-state index contributed by atoms with van der Waals surface area (Å²) in [5.74, 6) is 0.581. The number of hydrazone groups is 1. The standard InChI is InChI=1S/C17H16Cl2N2OS/c1-12-2-5-14(6-3-12)23-9-8-17(22)21-20-11-13-4-7-15(18)16(19)10-13/h2-7,10-11H,8-9H2,1H3,(H,21,22)/b20-11-. The van der Waals surface area contributed by atoms with Crippen LogP contribution in [0.1, 0.15) is 17.5 Å². The van der Waals surface area contributed by atoms with E-state index in [2.05, 4.69) is 34.8 Å². The summed E-state index contributed by atoms with van der Waals surface area (Å²) < 4.78 is 0. The first kappa shape index (κ1) is 17.9. The van der Waals surface area contributed by atoms with Gasteiger partial charge in [0.2, 0.25) is 5.91 Å². The fraction of sp³-hybridized carbons (Fsp3) is 0.176. The monoisotopic (exact) mass is 366 g/mol. The van der Waals surface area contributed by atoms with Crippen molar-refractivity contribution >= 4 is 47.1 Å². The van der Waals surface area contributed by atoms with Gasteiger partial charge in [0.1, 0.15) is 0 Å². The van der Waals surface area contributed by atoms with Gasteiger partial charge in [-0.05, 0) is 36.8 Å². The van der Waals surface area contributed by atoms with E-state index in [1.54, 1.807) is 30.0 Å². The Kier molecular flexibility index (Phi) is 6.96. The number of carbonyl (C=O) groups is 1. The van der Waals surface area contributed by atoms with Crippen LogP contribution >= 0.6 is 35.0 Å². The van der Waals surface area contributed by atoms with Gasteiger partial charge >= 0.3 is 0 Å². The first-order valence-electron chi connectivity index (χ1n) is 7.01. The molecule has 0 heterocycles. The van der Waals surface area contributed by atoms with E-state index in [-0.39, 0.29) is 5.91 Å². The van der Waals surface area contributed by atoms with Crippen LogP contribution in [0.3, 0.4) is 0 Å². The third kappa shape index (κ3) is 6.26. The lowest BCUT2D eigenvalue weighted by Gasteiger charge is -2.02. The molecule has 0 bridgehead atoms. The number of thioether (sulfide) groups is 1. The molecule has 23 heavy (non-hydrogen) atoms. The van der Waals surface area contributed by atoms with Gasteiger partial charge in [-0.25, -0.2) is 5.43 Å². The van der Waals surface area contributed by atoms with Crippen LogP contribution in [-0.2, 0) is 4.79 Å². The Balaban J connectivity index is 1.73. The summed E-state index contributed by atoms with van der Waals surface area (Å²) >= 11 is 13.4. The molecule has 6 heteroatoms. The number of hydrogen-bond acceptors (Lipinski definition) is 3. The van der Waals surface area contributed by atoms with Crippen LogP contribution < -0.4 is 5.43 Å². The van der Waals surface area contributed by atoms with Crippen LogP contribution in [0.25, 0.3) is 0 Å². The van der Waals surface area contributed by atoms with Crippen molar-refractivity contribution in [2.24, 2.45) is 5.10 Å². The van der Waals surface area contributed by atoms with E-state index in [4.69, 9.17) is 23.2 Å². The minimum absolute atomic E-state index is 0.124. The number of nitrogens with one attached hydrogen (secondary N) is 1. The predicted octanol–water partition coefficient (Wildman–Crippen LogP) is 4.93. The minimum Gasteiger partial charge on any atom is -0.273 e. The Morgan fingerprint density at radius 2 is 1.91 bits per heavy atom. The van der Waals surface area contributed by atoms with E-state index >= 15 is 0 Å². The van der Waals surface area contributed by atoms with Crippen molar-refractivity contribution in [3.05, 3.63) is 63.6 Å². The molecule has 0 aromatic heterocycles. The number of amides is 1. The lowest BCUT2D eigenvalue weighted by molar-refractivity contribution is -0.120. The first-order chi connectivity index (χ1) is 11.0. The molecule has 2 aromatic rings. The molecule has 0 spiro atoms. The Bertz CT molecular complexity index is 702. The second-order valence-electron chi connectivity index (χ2n) is 4.88. The Hall–Kier alpha value is -1.49. The fourth-order valence-electron chi connectivity index (χ4n) is 1.72. The van der Waals surface area contributed by atoms with Crippen molar-refractivity contribution in [3.63, 3.8) is 0 Å². The number of carbonyl (C=O) groups excluding carboxylic acids is 1. The average molecular weight is 367 g/mol. The van der Waals surface area contributed by atoms with Crippen LogP contribution in [0.2, 0.25) is 10.0 Å². The molecule has 0 aliphatic rings. The molecule has 1 N–H and O–H groups in total. The number of rotatable bonds is 6. The van der Waals surface area contributed by atoms with Gasteiger partial charge in [0, 0.05) is 17.1 Å². The summed E-state index contributed by atoms with van der Waals surface area (Å²) in [5, 5.41) is 4.86. The zero-order valence-electron chi connectivity index (χ0n) is 12.6. The van der Waals surface area contributed by atoms with Crippen LogP contribution in [0.4, 0.5) is 0 Å². The van der Waals surface area contributed by atoms with Gasteiger partial charge in [0.25, 0.3) is 0 Å². The maximum atomic E-state index is 11.7. The number of hydrogen-bond donors (Lipinski definition) is 1. The summed E-state index contributed by atoms with van der Waals surface area (Å²) in [7, 11) is 0.